The number of nitrogens with one attached hydrogen (secondary N) is 1. The first-order valence-electron chi connectivity index (χ1n) is 7.69. The highest BCUT2D eigenvalue weighted by molar-refractivity contribution is 7.09. The normalized spacial score (nSPS) is 15.7. The van der Waals surface area contributed by atoms with Crippen molar-refractivity contribution >= 4 is 17.2 Å². The van der Waals surface area contributed by atoms with Gasteiger partial charge in [0, 0.05) is 17.5 Å². The highest BCUT2D eigenvalue weighted by Gasteiger charge is 2.34. The number of rotatable bonds is 6. The Kier molecular flexibility index (Phi) is 4.63. The van der Waals surface area contributed by atoms with Crippen LogP contribution in [-0.2, 0) is 6.61 Å². The molecule has 0 atom stereocenters. The summed E-state index contributed by atoms with van der Waals surface area (Å²) in [6.07, 6.45) is 2.53. The van der Waals surface area contributed by atoms with E-state index in [1.54, 1.807) is 29.5 Å². The van der Waals surface area contributed by atoms with Crippen molar-refractivity contribution in [2.75, 3.05) is 6.54 Å². The van der Waals surface area contributed by atoms with Gasteiger partial charge in [-0.3, -0.25) is 4.79 Å². The second-order valence-electron chi connectivity index (χ2n) is 5.93. The first-order chi connectivity index (χ1) is 11.0. The third-order valence-electron chi connectivity index (χ3n) is 4.01. The predicted molar refractivity (Wildman–Crippen MR) is 88.8 cm³/mol. The summed E-state index contributed by atoms with van der Waals surface area (Å²) in [4.78, 5) is 16.5. The Hall–Kier alpha value is -1.92. The van der Waals surface area contributed by atoms with Gasteiger partial charge in [0.15, 0.2) is 0 Å². The number of carbonyl (C=O) groups excluding carboxylic acids is 1. The molecule has 3 rings (SSSR count). The number of amides is 1. The van der Waals surface area contributed by atoms with Crippen molar-refractivity contribution in [3.8, 4) is 5.75 Å². The molecule has 1 aliphatic carbocycles. The van der Waals surface area contributed by atoms with Gasteiger partial charge < -0.3 is 15.2 Å². The average molecular weight is 332 g/mol. The van der Waals surface area contributed by atoms with Gasteiger partial charge in [-0.1, -0.05) is 6.07 Å². The molecule has 5 nitrogen and oxygen atoms in total. The molecule has 1 heterocycles. The Labute approximate surface area is 139 Å². The molecule has 122 valence electrons. The number of hydrogen-bond acceptors (Lipinski definition) is 5. The van der Waals surface area contributed by atoms with Crippen LogP contribution in [0.25, 0.3) is 0 Å². The van der Waals surface area contributed by atoms with Crippen LogP contribution >= 0.6 is 11.3 Å². The van der Waals surface area contributed by atoms with Crippen LogP contribution in [0.2, 0.25) is 0 Å². The molecule has 2 aromatic rings. The summed E-state index contributed by atoms with van der Waals surface area (Å²) in [6, 6.07) is 7.05. The number of aliphatic hydroxyl groups is 1. The number of aryl methyl sites for hydroxylation is 1. The van der Waals surface area contributed by atoms with E-state index >= 15 is 0 Å². The second-order valence-corrected chi connectivity index (χ2v) is 7.00. The average Bonchev–Trinajstić information content (AvgIpc) is 2.94. The molecule has 6 heteroatoms. The van der Waals surface area contributed by atoms with Gasteiger partial charge in [0.2, 0.25) is 0 Å². The zero-order chi connectivity index (χ0) is 16.3. The van der Waals surface area contributed by atoms with Crippen LogP contribution in [0.3, 0.4) is 0 Å². The molecule has 1 amide bonds. The van der Waals surface area contributed by atoms with Gasteiger partial charge in [-0.15, -0.1) is 11.3 Å². The van der Waals surface area contributed by atoms with E-state index in [9.17, 15) is 9.90 Å². The van der Waals surface area contributed by atoms with Gasteiger partial charge in [0.25, 0.3) is 5.91 Å². The lowest BCUT2D eigenvalue weighted by atomic mass is 9.80. The van der Waals surface area contributed by atoms with Crippen molar-refractivity contribution in [2.45, 2.75) is 38.4 Å². The van der Waals surface area contributed by atoms with Crippen molar-refractivity contribution in [2.24, 2.45) is 0 Å². The van der Waals surface area contributed by atoms with Crippen molar-refractivity contribution in [1.29, 1.82) is 0 Å². The van der Waals surface area contributed by atoms with E-state index in [-0.39, 0.29) is 5.91 Å². The summed E-state index contributed by atoms with van der Waals surface area (Å²) in [5.41, 5.74) is 0.695. The zero-order valence-corrected chi connectivity index (χ0v) is 13.9. The molecule has 1 saturated carbocycles. The Morgan fingerprint density at radius 1 is 1.48 bits per heavy atom. The molecule has 1 aromatic heterocycles. The number of thiazole rings is 1. The second kappa shape index (κ2) is 6.68. The van der Waals surface area contributed by atoms with Crippen LogP contribution < -0.4 is 10.1 Å². The van der Waals surface area contributed by atoms with Crippen molar-refractivity contribution in [3.05, 3.63) is 45.9 Å². The molecule has 23 heavy (non-hydrogen) atoms. The van der Waals surface area contributed by atoms with Crippen molar-refractivity contribution in [1.82, 2.24) is 10.3 Å². The Morgan fingerprint density at radius 3 is 2.96 bits per heavy atom. The number of ether oxygens (including phenoxy) is 1. The summed E-state index contributed by atoms with van der Waals surface area (Å²) in [7, 11) is 0. The summed E-state index contributed by atoms with van der Waals surface area (Å²) in [6.45, 7) is 2.64. The minimum absolute atomic E-state index is 0.194. The molecular weight excluding hydrogens is 312 g/mol. The third kappa shape index (κ3) is 4.09. The number of hydrogen-bond donors (Lipinski definition) is 2. The topological polar surface area (TPSA) is 71.5 Å². The molecule has 0 unspecified atom stereocenters. The number of carbonyl (C=O) groups is 1. The van der Waals surface area contributed by atoms with E-state index < -0.39 is 5.60 Å². The lowest BCUT2D eigenvalue weighted by Gasteiger charge is -2.36. The van der Waals surface area contributed by atoms with Crippen LogP contribution in [0.4, 0.5) is 0 Å². The van der Waals surface area contributed by atoms with Gasteiger partial charge in [-0.05, 0) is 44.4 Å². The highest BCUT2D eigenvalue weighted by Crippen LogP contribution is 2.30. The fourth-order valence-electron chi connectivity index (χ4n) is 2.47. The number of nitrogens with zero attached hydrogens (tertiary/aromatic N) is 1. The third-order valence-corrected chi connectivity index (χ3v) is 4.83. The summed E-state index contributed by atoms with van der Waals surface area (Å²) in [5.74, 6) is 0.436. The van der Waals surface area contributed by atoms with Crippen molar-refractivity contribution in [3.63, 3.8) is 0 Å². The van der Waals surface area contributed by atoms with Gasteiger partial charge in [0.1, 0.15) is 12.4 Å². The molecule has 0 aliphatic heterocycles. The molecule has 0 saturated heterocycles. The van der Waals surface area contributed by atoms with E-state index in [0.717, 1.165) is 30.0 Å². The maximum Gasteiger partial charge on any atom is 0.251 e. The first-order valence-corrected chi connectivity index (χ1v) is 8.57. The lowest BCUT2D eigenvalue weighted by Crippen LogP contribution is -2.47. The van der Waals surface area contributed by atoms with Gasteiger partial charge >= 0.3 is 0 Å². The lowest BCUT2D eigenvalue weighted by molar-refractivity contribution is -0.0300. The Balaban J connectivity index is 1.56. The van der Waals surface area contributed by atoms with E-state index in [1.165, 1.54) is 0 Å². The molecule has 0 spiro atoms. The van der Waals surface area contributed by atoms with Crippen LogP contribution in [-0.4, -0.2) is 28.1 Å². The molecule has 1 aliphatic rings. The van der Waals surface area contributed by atoms with Crippen LogP contribution in [0.1, 0.15) is 40.3 Å². The first kappa shape index (κ1) is 16.0. The van der Waals surface area contributed by atoms with E-state index in [2.05, 4.69) is 10.3 Å². The maximum atomic E-state index is 12.2. The Bertz CT molecular complexity index is 695. The maximum absolute atomic E-state index is 12.2. The van der Waals surface area contributed by atoms with Crippen LogP contribution in [0.5, 0.6) is 5.75 Å². The quantitative estimate of drug-likeness (QED) is 0.853. The summed E-state index contributed by atoms with van der Waals surface area (Å²) >= 11 is 1.59. The minimum atomic E-state index is -0.716. The minimum Gasteiger partial charge on any atom is -0.487 e. The largest absolute Gasteiger partial charge is 0.487 e. The fourth-order valence-corrected chi connectivity index (χ4v) is 3.06. The van der Waals surface area contributed by atoms with Crippen molar-refractivity contribution < 1.29 is 14.6 Å². The SMILES string of the molecule is Cc1nc(COc2cccc(C(=O)NCC3(O)CCC3)c2)cs1. The van der Waals surface area contributed by atoms with Gasteiger partial charge in [0.05, 0.1) is 16.3 Å². The van der Waals surface area contributed by atoms with Gasteiger partial charge in [-0.2, -0.15) is 0 Å². The van der Waals surface area contributed by atoms with E-state index in [0.29, 0.717) is 24.5 Å². The fraction of sp³-hybridized carbons (Fsp3) is 0.412. The van der Waals surface area contributed by atoms with E-state index in [1.807, 2.05) is 18.4 Å². The molecule has 1 aromatic carbocycles. The smallest absolute Gasteiger partial charge is 0.251 e. The molecule has 0 bridgehead atoms. The molecular formula is C17H20N2O3S. The predicted octanol–water partition coefficient (Wildman–Crippen LogP) is 2.68. The van der Waals surface area contributed by atoms with Crippen LogP contribution in [0.15, 0.2) is 29.6 Å². The number of aromatic nitrogens is 1. The van der Waals surface area contributed by atoms with Gasteiger partial charge in [-0.25, -0.2) is 4.98 Å². The van der Waals surface area contributed by atoms with Crippen LogP contribution in [0, 0.1) is 6.92 Å². The molecule has 2 N–H and O–H groups in total. The van der Waals surface area contributed by atoms with E-state index in [4.69, 9.17) is 4.74 Å². The highest BCUT2D eigenvalue weighted by atomic mass is 32.1. The standard InChI is InChI=1S/C17H20N2O3S/c1-12-19-14(10-23-12)9-22-15-5-2-4-13(8-15)16(20)18-11-17(21)6-3-7-17/h2,4-5,8,10,21H,3,6-7,9,11H2,1H3,(H,18,20). The zero-order valence-electron chi connectivity index (χ0n) is 13.0. The summed E-state index contributed by atoms with van der Waals surface area (Å²) in [5, 5.41) is 15.8. The molecule has 0 radical (unpaired) electrons. The number of benzene rings is 1. The Morgan fingerprint density at radius 2 is 2.30 bits per heavy atom. The summed E-state index contributed by atoms with van der Waals surface area (Å²) < 4.78 is 5.69. The molecule has 1 fully saturated rings. The monoisotopic (exact) mass is 332 g/mol.